The molecule has 0 spiro atoms. The zero-order valence-corrected chi connectivity index (χ0v) is 8.21. The molecule has 13 heavy (non-hydrogen) atoms. The number of nitrogens with zero attached hydrogens (tertiary/aromatic N) is 1. The highest BCUT2D eigenvalue weighted by Gasteiger charge is 2.16. The summed E-state index contributed by atoms with van der Waals surface area (Å²) in [5.41, 5.74) is 5.45. The normalized spacial score (nSPS) is 11.5. The SMILES string of the molecule is CCCS(=O)(=O)c1cccnc1N. The summed E-state index contributed by atoms with van der Waals surface area (Å²) in [7, 11) is -3.23. The molecule has 1 aromatic heterocycles. The lowest BCUT2D eigenvalue weighted by atomic mass is 10.5. The maximum absolute atomic E-state index is 11.5. The Morgan fingerprint density at radius 3 is 2.77 bits per heavy atom. The van der Waals surface area contributed by atoms with Crippen molar-refractivity contribution in [2.45, 2.75) is 18.2 Å². The maximum Gasteiger partial charge on any atom is 0.182 e. The van der Waals surface area contributed by atoms with Crippen molar-refractivity contribution in [1.29, 1.82) is 0 Å². The molecule has 2 N–H and O–H groups in total. The fourth-order valence-corrected chi connectivity index (χ4v) is 2.46. The van der Waals surface area contributed by atoms with Crippen molar-refractivity contribution in [2.24, 2.45) is 0 Å². The maximum atomic E-state index is 11.5. The van der Waals surface area contributed by atoms with E-state index in [0.717, 1.165) is 0 Å². The standard InChI is InChI=1S/C8H12N2O2S/c1-2-6-13(11,12)7-4-3-5-10-8(7)9/h3-5H,2,6H2,1H3,(H2,9,10). The van der Waals surface area contributed by atoms with Crippen molar-refractivity contribution in [2.75, 3.05) is 11.5 Å². The molecule has 0 bridgehead atoms. The van der Waals surface area contributed by atoms with Gasteiger partial charge in [0.2, 0.25) is 0 Å². The summed E-state index contributed by atoms with van der Waals surface area (Å²) < 4.78 is 23.1. The number of nitrogens with two attached hydrogens (primary N) is 1. The Morgan fingerprint density at radius 1 is 1.54 bits per heavy atom. The summed E-state index contributed by atoms with van der Waals surface area (Å²) in [4.78, 5) is 3.86. The number of sulfone groups is 1. The average molecular weight is 200 g/mol. The predicted molar refractivity (Wildman–Crippen MR) is 51.0 cm³/mol. The van der Waals surface area contributed by atoms with Gasteiger partial charge in [-0.15, -0.1) is 0 Å². The number of pyridine rings is 1. The Kier molecular flexibility index (Phi) is 2.87. The van der Waals surface area contributed by atoms with E-state index in [4.69, 9.17) is 5.73 Å². The molecule has 0 aliphatic heterocycles. The summed E-state index contributed by atoms with van der Waals surface area (Å²) in [6.45, 7) is 1.81. The second-order valence-corrected chi connectivity index (χ2v) is 4.78. The van der Waals surface area contributed by atoms with Crippen LogP contribution in [0, 0.1) is 0 Å². The minimum atomic E-state index is -3.23. The zero-order valence-electron chi connectivity index (χ0n) is 7.40. The molecule has 0 aliphatic carbocycles. The van der Waals surface area contributed by atoms with E-state index < -0.39 is 9.84 Å². The first-order valence-corrected chi connectivity index (χ1v) is 5.66. The van der Waals surface area contributed by atoms with Crippen LogP contribution in [0.5, 0.6) is 0 Å². The van der Waals surface area contributed by atoms with E-state index in [9.17, 15) is 8.42 Å². The minimum absolute atomic E-state index is 0.0796. The van der Waals surface area contributed by atoms with Crippen LogP contribution < -0.4 is 5.73 Å². The van der Waals surface area contributed by atoms with Gasteiger partial charge in [-0.3, -0.25) is 0 Å². The number of aromatic nitrogens is 1. The topological polar surface area (TPSA) is 73.0 Å². The highest BCUT2D eigenvalue weighted by molar-refractivity contribution is 7.91. The van der Waals surface area contributed by atoms with Crippen molar-refractivity contribution in [3.8, 4) is 0 Å². The molecule has 0 aliphatic rings. The third-order valence-corrected chi connectivity index (χ3v) is 3.57. The molecule has 1 heterocycles. The molecule has 1 rings (SSSR count). The number of hydrogen-bond donors (Lipinski definition) is 1. The molecular weight excluding hydrogens is 188 g/mol. The second kappa shape index (κ2) is 3.74. The Balaban J connectivity index is 3.15. The lowest BCUT2D eigenvalue weighted by Gasteiger charge is -2.03. The van der Waals surface area contributed by atoms with Gasteiger partial charge in [0.1, 0.15) is 10.7 Å². The van der Waals surface area contributed by atoms with Crippen LogP contribution >= 0.6 is 0 Å². The molecule has 0 fully saturated rings. The number of nitrogen functional groups attached to an aromatic ring is 1. The van der Waals surface area contributed by atoms with Gasteiger partial charge in [0.05, 0.1) is 5.75 Å². The van der Waals surface area contributed by atoms with E-state index in [1.165, 1.54) is 12.3 Å². The van der Waals surface area contributed by atoms with Crippen molar-refractivity contribution in [1.82, 2.24) is 4.98 Å². The summed E-state index contributed by atoms with van der Waals surface area (Å²) in [5.74, 6) is 0.194. The Bertz CT molecular complexity index is 387. The van der Waals surface area contributed by atoms with Crippen LogP contribution in [0.2, 0.25) is 0 Å². The monoisotopic (exact) mass is 200 g/mol. The first-order valence-electron chi connectivity index (χ1n) is 4.01. The molecule has 0 amide bonds. The molecule has 0 unspecified atom stereocenters. The number of hydrogen-bond acceptors (Lipinski definition) is 4. The van der Waals surface area contributed by atoms with Crippen LogP contribution in [0.1, 0.15) is 13.3 Å². The van der Waals surface area contributed by atoms with E-state index >= 15 is 0 Å². The van der Waals surface area contributed by atoms with E-state index in [0.29, 0.717) is 6.42 Å². The van der Waals surface area contributed by atoms with Crippen LogP contribution in [0.3, 0.4) is 0 Å². The van der Waals surface area contributed by atoms with Crippen molar-refractivity contribution < 1.29 is 8.42 Å². The van der Waals surface area contributed by atoms with Gasteiger partial charge in [-0.25, -0.2) is 13.4 Å². The third kappa shape index (κ3) is 2.18. The van der Waals surface area contributed by atoms with Crippen LogP contribution in [-0.4, -0.2) is 19.2 Å². The van der Waals surface area contributed by atoms with E-state index in [1.54, 1.807) is 6.07 Å². The Labute approximate surface area is 77.7 Å². The van der Waals surface area contributed by atoms with Crippen LogP contribution in [-0.2, 0) is 9.84 Å². The van der Waals surface area contributed by atoms with E-state index in [1.807, 2.05) is 6.92 Å². The quantitative estimate of drug-likeness (QED) is 0.785. The summed E-state index contributed by atoms with van der Waals surface area (Å²) in [6, 6.07) is 3.05. The van der Waals surface area contributed by atoms with Gasteiger partial charge in [-0.2, -0.15) is 0 Å². The Morgan fingerprint density at radius 2 is 2.23 bits per heavy atom. The fourth-order valence-electron chi connectivity index (χ4n) is 1.04. The first kappa shape index (κ1) is 9.98. The highest BCUT2D eigenvalue weighted by Crippen LogP contribution is 2.16. The molecule has 0 aromatic carbocycles. The number of anilines is 1. The van der Waals surface area contributed by atoms with Gasteiger partial charge < -0.3 is 5.73 Å². The minimum Gasteiger partial charge on any atom is -0.383 e. The number of rotatable bonds is 3. The van der Waals surface area contributed by atoms with Crippen LogP contribution in [0.4, 0.5) is 5.82 Å². The summed E-state index contributed by atoms with van der Waals surface area (Å²) in [6.07, 6.45) is 2.05. The second-order valence-electron chi connectivity index (χ2n) is 2.71. The van der Waals surface area contributed by atoms with Crippen LogP contribution in [0.25, 0.3) is 0 Å². The predicted octanol–water partition coefficient (Wildman–Crippen LogP) is 0.848. The lowest BCUT2D eigenvalue weighted by molar-refractivity contribution is 0.595. The fraction of sp³-hybridized carbons (Fsp3) is 0.375. The largest absolute Gasteiger partial charge is 0.383 e. The van der Waals surface area contributed by atoms with E-state index in [2.05, 4.69) is 4.98 Å². The molecule has 4 nitrogen and oxygen atoms in total. The van der Waals surface area contributed by atoms with Gasteiger partial charge in [0.15, 0.2) is 9.84 Å². The molecule has 1 aromatic rings. The molecule has 0 saturated carbocycles. The lowest BCUT2D eigenvalue weighted by Crippen LogP contribution is -2.09. The first-order chi connectivity index (χ1) is 6.08. The van der Waals surface area contributed by atoms with Gasteiger partial charge in [0, 0.05) is 6.20 Å². The van der Waals surface area contributed by atoms with Gasteiger partial charge in [-0.05, 0) is 18.6 Å². The van der Waals surface area contributed by atoms with Gasteiger partial charge >= 0.3 is 0 Å². The van der Waals surface area contributed by atoms with Crippen molar-refractivity contribution >= 4 is 15.7 Å². The summed E-state index contributed by atoms with van der Waals surface area (Å²) >= 11 is 0. The molecule has 72 valence electrons. The molecular formula is C8H12N2O2S. The van der Waals surface area contributed by atoms with Crippen molar-refractivity contribution in [3.05, 3.63) is 18.3 Å². The van der Waals surface area contributed by atoms with E-state index in [-0.39, 0.29) is 16.5 Å². The van der Waals surface area contributed by atoms with Gasteiger partial charge in [0.25, 0.3) is 0 Å². The molecule has 5 heteroatoms. The van der Waals surface area contributed by atoms with Crippen molar-refractivity contribution in [3.63, 3.8) is 0 Å². The average Bonchev–Trinajstić information content (AvgIpc) is 2.04. The molecule has 0 saturated heterocycles. The third-order valence-electron chi connectivity index (χ3n) is 1.61. The summed E-state index contributed by atoms with van der Waals surface area (Å²) in [5, 5.41) is 0. The zero-order chi connectivity index (χ0) is 9.90. The molecule has 0 atom stereocenters. The highest BCUT2D eigenvalue weighted by atomic mass is 32.2. The smallest absolute Gasteiger partial charge is 0.182 e. The van der Waals surface area contributed by atoms with Gasteiger partial charge in [-0.1, -0.05) is 6.92 Å². The van der Waals surface area contributed by atoms with Crippen LogP contribution in [0.15, 0.2) is 23.2 Å². The molecule has 0 radical (unpaired) electrons. The Hall–Kier alpha value is -1.10.